The molecule has 2 N–H and O–H groups in total. The average Bonchev–Trinajstić information content (AvgIpc) is 3.63. The van der Waals surface area contributed by atoms with E-state index in [1.807, 2.05) is 49.3 Å². The second-order valence-electron chi connectivity index (χ2n) is 15.7. The molecule has 1 saturated carbocycles. The summed E-state index contributed by atoms with van der Waals surface area (Å²) in [4.78, 5) is 62.1. The number of imide groups is 2. The van der Waals surface area contributed by atoms with Gasteiger partial charge >= 0.3 is 0 Å². The smallest absolute Gasteiger partial charge is 0.260 e. The molecular weight excluding hydrogens is 790 g/mol. The minimum Gasteiger partial charge on any atom is -0.505 e. The van der Waals surface area contributed by atoms with Crippen LogP contribution in [0.4, 0.5) is 37.2 Å². The second kappa shape index (κ2) is 14.8. The van der Waals surface area contributed by atoms with E-state index in [-0.39, 0.29) is 24.1 Å². The number of halogens is 3. The molecule has 0 unspecified atom stereocenters. The number of nitrogens with one attached hydrogen (secondary N) is 1. The van der Waals surface area contributed by atoms with E-state index in [4.69, 9.17) is 11.6 Å². The van der Waals surface area contributed by atoms with E-state index in [2.05, 4.69) is 15.7 Å². The summed E-state index contributed by atoms with van der Waals surface area (Å²) >= 11 is 6.35. The number of benzene rings is 5. The lowest BCUT2D eigenvalue weighted by Crippen LogP contribution is -2.53. The van der Waals surface area contributed by atoms with Gasteiger partial charge in [0, 0.05) is 30.7 Å². The Morgan fingerprint density at radius 2 is 1.43 bits per heavy atom. The lowest BCUT2D eigenvalue weighted by molar-refractivity contribution is -0.138. The molecular formula is C46H37ClF2N6O5. The van der Waals surface area contributed by atoms with Crippen molar-refractivity contribution >= 4 is 63.7 Å². The third-order valence-electron chi connectivity index (χ3n) is 12.3. The van der Waals surface area contributed by atoms with E-state index in [1.54, 1.807) is 48.5 Å². The Morgan fingerprint density at radius 1 is 0.783 bits per heavy atom. The molecule has 5 aromatic rings. The van der Waals surface area contributed by atoms with Crippen LogP contribution in [0.5, 0.6) is 5.75 Å². The summed E-state index contributed by atoms with van der Waals surface area (Å²) in [7, 11) is 3.89. The van der Waals surface area contributed by atoms with Crippen LogP contribution in [-0.4, -0.2) is 47.8 Å². The fourth-order valence-corrected chi connectivity index (χ4v) is 9.71. The zero-order valence-corrected chi connectivity index (χ0v) is 33.1. The standard InChI is InChI=1S/C46H37ClF2N6O5/c1-53(2)32-16-12-29(13-17-32)50-51-30-14-18-33(19-15-30)54-42(57)35-21-20-34-36(40(35)44(54)59)24-37-43(58)55(52-31-10-8-28(48)9-11-31)45(60)46(37,26-4-6-27(47)7-5-26)41(34)25-3-22-39(56)38(49)23-25/h3-20,22-23,35-37,40-41,52,56H,21,24H2,1-2H3/t35-,36+,37-,40-,41-,46+/m0/s1. The Labute approximate surface area is 348 Å². The van der Waals surface area contributed by atoms with Crippen molar-refractivity contribution in [2.75, 3.05) is 29.3 Å². The maximum Gasteiger partial charge on any atom is 0.260 e. The fraction of sp³-hybridized carbons (Fsp3) is 0.217. The maximum atomic E-state index is 15.4. The first-order valence-electron chi connectivity index (χ1n) is 19.4. The number of anilines is 3. The molecule has 60 heavy (non-hydrogen) atoms. The largest absolute Gasteiger partial charge is 0.505 e. The molecule has 2 aliphatic heterocycles. The molecule has 5 aromatic carbocycles. The fourth-order valence-electron chi connectivity index (χ4n) is 9.59. The second-order valence-corrected chi connectivity index (χ2v) is 16.2. The monoisotopic (exact) mass is 826 g/mol. The van der Waals surface area contributed by atoms with Gasteiger partial charge in [0.25, 0.3) is 11.8 Å². The molecule has 11 nitrogen and oxygen atoms in total. The number of amides is 4. The number of phenolic OH excluding ortho intramolecular Hbond substituents is 1. The molecule has 14 heteroatoms. The van der Waals surface area contributed by atoms with Crippen LogP contribution in [0.15, 0.2) is 137 Å². The maximum absolute atomic E-state index is 15.4. The van der Waals surface area contributed by atoms with Crippen LogP contribution in [0.1, 0.15) is 29.9 Å². The molecule has 6 atom stereocenters. The number of phenols is 1. The predicted octanol–water partition coefficient (Wildman–Crippen LogP) is 8.99. The molecule has 2 heterocycles. The summed E-state index contributed by atoms with van der Waals surface area (Å²) in [5.74, 6) is -8.72. The van der Waals surface area contributed by atoms with E-state index in [0.29, 0.717) is 33.2 Å². The van der Waals surface area contributed by atoms with Crippen molar-refractivity contribution in [1.29, 1.82) is 0 Å². The van der Waals surface area contributed by atoms with Gasteiger partial charge in [-0.1, -0.05) is 41.4 Å². The van der Waals surface area contributed by atoms with Gasteiger partial charge in [0.15, 0.2) is 11.6 Å². The van der Waals surface area contributed by atoms with Crippen molar-refractivity contribution in [3.63, 3.8) is 0 Å². The lowest BCUT2D eigenvalue weighted by atomic mass is 9.49. The predicted molar refractivity (Wildman–Crippen MR) is 221 cm³/mol. The van der Waals surface area contributed by atoms with E-state index < -0.39 is 76.0 Å². The highest BCUT2D eigenvalue weighted by Gasteiger charge is 2.70. The van der Waals surface area contributed by atoms with Crippen LogP contribution in [-0.2, 0) is 24.6 Å². The van der Waals surface area contributed by atoms with Gasteiger partial charge in [-0.25, -0.2) is 8.78 Å². The van der Waals surface area contributed by atoms with E-state index in [0.717, 1.165) is 16.8 Å². The number of nitrogens with zero attached hydrogens (tertiary/aromatic N) is 5. The normalized spacial score (nSPS) is 24.7. The first-order chi connectivity index (χ1) is 28.9. The summed E-state index contributed by atoms with van der Waals surface area (Å²) in [6.45, 7) is 0. The van der Waals surface area contributed by atoms with Crippen molar-refractivity contribution < 1.29 is 33.1 Å². The van der Waals surface area contributed by atoms with Crippen LogP contribution >= 0.6 is 11.6 Å². The van der Waals surface area contributed by atoms with Crippen LogP contribution in [0.25, 0.3) is 0 Å². The number of allylic oxidation sites excluding steroid dienone is 2. The Bertz CT molecular complexity index is 2620. The number of hydrogen-bond acceptors (Lipinski definition) is 9. The third kappa shape index (κ3) is 6.22. The number of fused-ring (bicyclic) bond motifs is 4. The number of carbonyl (C=O) groups excluding carboxylic acids is 4. The topological polar surface area (TPSA) is 135 Å². The number of hydrazine groups is 1. The Morgan fingerprint density at radius 3 is 2.07 bits per heavy atom. The zero-order chi connectivity index (χ0) is 42.0. The molecule has 2 aliphatic carbocycles. The van der Waals surface area contributed by atoms with Gasteiger partial charge in [-0.15, -0.1) is 0 Å². The molecule has 0 radical (unpaired) electrons. The van der Waals surface area contributed by atoms with Gasteiger partial charge in [-0.3, -0.25) is 29.5 Å². The van der Waals surface area contributed by atoms with Crippen molar-refractivity contribution in [2.24, 2.45) is 33.9 Å². The summed E-state index contributed by atoms with van der Waals surface area (Å²) in [6.07, 6.45) is 2.00. The molecule has 0 bridgehead atoms. The summed E-state index contributed by atoms with van der Waals surface area (Å²) in [5, 5.41) is 20.2. The molecule has 4 aliphatic rings. The highest BCUT2D eigenvalue weighted by atomic mass is 35.5. The lowest BCUT2D eigenvalue weighted by Gasteiger charge is -2.50. The van der Waals surface area contributed by atoms with Gasteiger partial charge < -0.3 is 10.0 Å². The third-order valence-corrected chi connectivity index (χ3v) is 12.6. The summed E-state index contributed by atoms with van der Waals surface area (Å²) in [6, 6.07) is 29.7. The van der Waals surface area contributed by atoms with Crippen molar-refractivity contribution in [2.45, 2.75) is 24.2 Å². The molecule has 2 saturated heterocycles. The van der Waals surface area contributed by atoms with E-state index >= 15 is 9.18 Å². The van der Waals surface area contributed by atoms with E-state index in [1.165, 1.54) is 41.3 Å². The average molecular weight is 827 g/mol. The molecule has 0 spiro atoms. The number of hydrogen-bond donors (Lipinski definition) is 2. The van der Waals surface area contributed by atoms with Gasteiger partial charge in [0.05, 0.1) is 45.9 Å². The zero-order valence-electron chi connectivity index (χ0n) is 32.3. The van der Waals surface area contributed by atoms with Crippen molar-refractivity contribution in [1.82, 2.24) is 5.01 Å². The Kier molecular flexibility index (Phi) is 9.58. The molecule has 9 rings (SSSR count). The molecule has 4 amide bonds. The number of rotatable bonds is 8. The first-order valence-corrected chi connectivity index (χ1v) is 19.8. The van der Waals surface area contributed by atoms with E-state index in [9.17, 15) is 23.9 Å². The van der Waals surface area contributed by atoms with Crippen LogP contribution in [0.2, 0.25) is 5.02 Å². The minimum atomic E-state index is -1.70. The number of aromatic hydroxyl groups is 1. The molecule has 302 valence electrons. The van der Waals surface area contributed by atoms with Gasteiger partial charge in [-0.05, 0) is 127 Å². The van der Waals surface area contributed by atoms with Crippen molar-refractivity contribution in [3.05, 3.63) is 155 Å². The molecule has 3 fully saturated rings. The van der Waals surface area contributed by atoms with Crippen LogP contribution in [0, 0.1) is 35.3 Å². The number of carbonyl (C=O) groups is 4. The quantitative estimate of drug-likeness (QED) is 0.0906. The van der Waals surface area contributed by atoms with Gasteiger partial charge in [-0.2, -0.15) is 15.2 Å². The first kappa shape index (κ1) is 38.8. The SMILES string of the molecule is CN(C)c1ccc(N=Nc2ccc(N3C(=O)[C@H]4[C@H](CC=C5[C@H]4C[C@H]4C(=O)N(Nc6ccc(F)cc6)C(=O)[C@@]4(c4ccc(Cl)cc4)[C@H]5c4ccc(O)c(F)c4)C3=O)cc2)cc1. The summed E-state index contributed by atoms with van der Waals surface area (Å²) in [5.41, 5.74) is 5.31. The van der Waals surface area contributed by atoms with Crippen LogP contribution < -0.4 is 15.2 Å². The Hall–Kier alpha value is -6.73. The summed E-state index contributed by atoms with van der Waals surface area (Å²) < 4.78 is 29.3. The van der Waals surface area contributed by atoms with Crippen molar-refractivity contribution in [3.8, 4) is 5.75 Å². The number of azo groups is 1. The Balaban J connectivity index is 1.10. The van der Waals surface area contributed by atoms with Gasteiger partial charge in [0.1, 0.15) is 5.82 Å². The highest BCUT2D eigenvalue weighted by molar-refractivity contribution is 6.30. The van der Waals surface area contributed by atoms with Crippen LogP contribution in [0.3, 0.4) is 0 Å². The highest BCUT2D eigenvalue weighted by Crippen LogP contribution is 2.64. The molecule has 0 aromatic heterocycles. The minimum absolute atomic E-state index is 0.000563. The van der Waals surface area contributed by atoms with Gasteiger partial charge in [0.2, 0.25) is 11.8 Å².